The first-order valence-corrected chi connectivity index (χ1v) is 12.8. The van der Waals surface area contributed by atoms with E-state index in [1.54, 1.807) is 44.2 Å². The van der Waals surface area contributed by atoms with Crippen molar-refractivity contribution in [1.29, 1.82) is 0 Å². The van der Waals surface area contributed by atoms with E-state index in [1.807, 2.05) is 24.3 Å². The van der Waals surface area contributed by atoms with Gasteiger partial charge in [-0.15, -0.1) is 0 Å². The number of aryl methyl sites for hydroxylation is 1. The van der Waals surface area contributed by atoms with E-state index in [0.29, 0.717) is 40.0 Å². The van der Waals surface area contributed by atoms with Crippen molar-refractivity contribution in [3.63, 3.8) is 0 Å². The molecule has 0 radical (unpaired) electrons. The number of nitrogens with zero attached hydrogens (tertiary/aromatic N) is 1. The molecule has 1 heterocycles. The first-order valence-electron chi connectivity index (χ1n) is 12.8. The highest BCUT2D eigenvalue weighted by molar-refractivity contribution is 6.25. The Morgan fingerprint density at radius 2 is 1.71 bits per heavy atom. The number of hydrogen-bond donors (Lipinski definition) is 1. The highest BCUT2D eigenvalue weighted by Crippen LogP contribution is 2.56. The molecule has 38 heavy (non-hydrogen) atoms. The fourth-order valence-corrected chi connectivity index (χ4v) is 6.65. The van der Waals surface area contributed by atoms with Crippen LogP contribution in [0.3, 0.4) is 0 Å². The van der Waals surface area contributed by atoms with E-state index in [2.05, 4.69) is 6.58 Å². The van der Waals surface area contributed by atoms with Crippen LogP contribution in [0.15, 0.2) is 83.5 Å². The maximum absolute atomic E-state index is 13.9. The minimum absolute atomic E-state index is 0.0678. The van der Waals surface area contributed by atoms with Crippen LogP contribution in [-0.4, -0.2) is 28.5 Å². The molecular formula is C32H27NO5. The molecule has 6 heteroatoms. The third-order valence-electron chi connectivity index (χ3n) is 8.53. The van der Waals surface area contributed by atoms with E-state index in [9.17, 15) is 24.3 Å². The molecular weight excluding hydrogens is 478 g/mol. The number of rotatable bonds is 3. The molecule has 0 saturated carbocycles. The molecule has 6 nitrogen and oxygen atoms in total. The Labute approximate surface area is 220 Å². The molecule has 2 aromatic carbocycles. The number of aromatic hydroxyl groups is 1. The van der Waals surface area contributed by atoms with Crippen molar-refractivity contribution < 1.29 is 24.3 Å². The number of ketones is 2. The van der Waals surface area contributed by atoms with Crippen LogP contribution in [-0.2, 0) is 19.2 Å². The maximum Gasteiger partial charge on any atom is 0.238 e. The van der Waals surface area contributed by atoms with Gasteiger partial charge in [0.25, 0.3) is 0 Å². The molecule has 190 valence electrons. The van der Waals surface area contributed by atoms with Crippen molar-refractivity contribution >= 4 is 35.1 Å². The van der Waals surface area contributed by atoms with Crippen molar-refractivity contribution in [2.45, 2.75) is 32.6 Å². The average molecular weight is 506 g/mol. The van der Waals surface area contributed by atoms with Crippen molar-refractivity contribution in [1.82, 2.24) is 0 Å². The molecule has 0 spiro atoms. The van der Waals surface area contributed by atoms with Gasteiger partial charge in [0.1, 0.15) is 5.75 Å². The van der Waals surface area contributed by atoms with Gasteiger partial charge in [0.05, 0.1) is 17.5 Å². The van der Waals surface area contributed by atoms with Crippen molar-refractivity contribution in [2.75, 3.05) is 4.90 Å². The summed E-state index contributed by atoms with van der Waals surface area (Å²) >= 11 is 0. The zero-order valence-electron chi connectivity index (χ0n) is 21.2. The third-order valence-corrected chi connectivity index (χ3v) is 8.53. The topological polar surface area (TPSA) is 91.8 Å². The number of phenols is 1. The Morgan fingerprint density at radius 3 is 2.42 bits per heavy atom. The smallest absolute Gasteiger partial charge is 0.238 e. The number of fused-ring (bicyclic) bond motifs is 3. The number of anilines is 1. The average Bonchev–Trinajstić information content (AvgIpc) is 3.17. The van der Waals surface area contributed by atoms with Crippen LogP contribution < -0.4 is 4.90 Å². The van der Waals surface area contributed by atoms with E-state index in [4.69, 9.17) is 0 Å². The first kappa shape index (κ1) is 24.0. The van der Waals surface area contributed by atoms with Gasteiger partial charge in [-0.2, -0.15) is 0 Å². The number of allylic oxidation sites excluding steroid dienone is 6. The largest absolute Gasteiger partial charge is 0.507 e. The molecule has 6 rings (SSSR count). The molecule has 4 atom stereocenters. The summed E-state index contributed by atoms with van der Waals surface area (Å²) in [6, 6.07) is 12.5. The highest BCUT2D eigenvalue weighted by atomic mass is 16.3. The summed E-state index contributed by atoms with van der Waals surface area (Å²) in [4.78, 5) is 55.4. The lowest BCUT2D eigenvalue weighted by Crippen LogP contribution is -2.39. The monoisotopic (exact) mass is 505 g/mol. The van der Waals surface area contributed by atoms with Gasteiger partial charge in [0, 0.05) is 28.2 Å². The standard InChI is InChI=1S/C32H27NO5/c1-4-18-8-10-19(11-9-18)33-31(37)22-13-12-20-23(27(22)32(33)38)15-24-25(34)14-17(3)30(36)28(24)26(20)21-7-5-6-16(2)29(21)35/h4-12,14,22-23,26-27,35H,1,13,15H2,2-3H3/t22-,23+,26+,27-/m0/s1. The predicted molar refractivity (Wildman–Crippen MR) is 143 cm³/mol. The molecule has 0 unspecified atom stereocenters. The lowest BCUT2D eigenvalue weighted by atomic mass is 9.59. The molecule has 2 amide bonds. The summed E-state index contributed by atoms with van der Waals surface area (Å²) in [5, 5.41) is 11.1. The van der Waals surface area contributed by atoms with E-state index in [1.165, 1.54) is 11.0 Å². The molecule has 1 fully saturated rings. The van der Waals surface area contributed by atoms with Crippen LogP contribution in [0.25, 0.3) is 6.08 Å². The van der Waals surface area contributed by atoms with Crippen LogP contribution in [0.2, 0.25) is 0 Å². The molecule has 1 aliphatic heterocycles. The molecule has 0 aromatic heterocycles. The number of Topliss-reactive ketones (excluding diaryl/α,β-unsaturated/α-hetero) is 1. The number of imide groups is 1. The number of amides is 2. The number of hydrogen-bond acceptors (Lipinski definition) is 5. The number of para-hydroxylation sites is 1. The van der Waals surface area contributed by atoms with Crippen LogP contribution >= 0.6 is 0 Å². The lowest BCUT2D eigenvalue weighted by Gasteiger charge is -2.42. The van der Waals surface area contributed by atoms with Gasteiger partial charge in [-0.3, -0.25) is 24.1 Å². The van der Waals surface area contributed by atoms with Crippen molar-refractivity contribution in [3.8, 4) is 5.75 Å². The summed E-state index contributed by atoms with van der Waals surface area (Å²) in [5.41, 5.74) is 4.53. The zero-order valence-corrected chi connectivity index (χ0v) is 21.2. The number of phenolic OH excluding ortho intramolecular Hbond substituents is 1. The normalized spacial score (nSPS) is 26.5. The van der Waals surface area contributed by atoms with Crippen LogP contribution in [0.5, 0.6) is 5.75 Å². The summed E-state index contributed by atoms with van der Waals surface area (Å²) in [7, 11) is 0. The van der Waals surface area contributed by atoms with Crippen LogP contribution in [0.4, 0.5) is 5.69 Å². The SMILES string of the molecule is C=Cc1ccc(N2C(=O)[C@H]3[C@H](CC=C4[C@H](c5cccc(C)c5O)C5=C(C[C@H]43)C(=O)C=C(C)C5=O)C2=O)cc1. The van der Waals surface area contributed by atoms with Crippen molar-refractivity contribution in [3.05, 3.63) is 100 Å². The van der Waals surface area contributed by atoms with Gasteiger partial charge >= 0.3 is 0 Å². The zero-order chi connectivity index (χ0) is 26.9. The second-order valence-corrected chi connectivity index (χ2v) is 10.5. The molecule has 4 aliphatic rings. The maximum atomic E-state index is 13.9. The molecule has 1 N–H and O–H groups in total. The number of carbonyl (C=O) groups is 4. The molecule has 1 saturated heterocycles. The second-order valence-electron chi connectivity index (χ2n) is 10.5. The second kappa shape index (κ2) is 8.62. The van der Waals surface area contributed by atoms with E-state index >= 15 is 0 Å². The highest BCUT2D eigenvalue weighted by Gasteiger charge is 2.56. The Hall–Kier alpha value is -4.32. The number of benzene rings is 2. The fourth-order valence-electron chi connectivity index (χ4n) is 6.65. The van der Waals surface area contributed by atoms with E-state index in [0.717, 1.165) is 11.1 Å². The van der Waals surface area contributed by atoms with Crippen molar-refractivity contribution in [2.24, 2.45) is 17.8 Å². The van der Waals surface area contributed by atoms with Gasteiger partial charge in [-0.1, -0.05) is 54.6 Å². The van der Waals surface area contributed by atoms with Crippen LogP contribution in [0.1, 0.15) is 42.4 Å². The van der Waals surface area contributed by atoms with Gasteiger partial charge < -0.3 is 5.11 Å². The fraction of sp³-hybridized carbons (Fsp3) is 0.250. The van der Waals surface area contributed by atoms with Gasteiger partial charge in [0.15, 0.2) is 11.6 Å². The summed E-state index contributed by atoms with van der Waals surface area (Å²) in [6.45, 7) is 7.17. The Morgan fingerprint density at radius 1 is 0.974 bits per heavy atom. The Balaban J connectivity index is 1.49. The first-order chi connectivity index (χ1) is 18.2. The molecule has 0 bridgehead atoms. The molecule has 3 aliphatic carbocycles. The van der Waals surface area contributed by atoms with Gasteiger partial charge in [-0.05, 0) is 61.9 Å². The van der Waals surface area contributed by atoms with Gasteiger partial charge in [0.2, 0.25) is 11.8 Å². The Bertz CT molecular complexity index is 1550. The molecule has 2 aromatic rings. The summed E-state index contributed by atoms with van der Waals surface area (Å²) in [6.07, 6.45) is 5.58. The van der Waals surface area contributed by atoms with Gasteiger partial charge in [-0.25, -0.2) is 0 Å². The van der Waals surface area contributed by atoms with Crippen LogP contribution in [0, 0.1) is 24.7 Å². The predicted octanol–water partition coefficient (Wildman–Crippen LogP) is 4.98. The summed E-state index contributed by atoms with van der Waals surface area (Å²) < 4.78 is 0. The van der Waals surface area contributed by atoms with E-state index < -0.39 is 23.7 Å². The quantitative estimate of drug-likeness (QED) is 0.361. The van der Waals surface area contributed by atoms with E-state index in [-0.39, 0.29) is 35.6 Å². The minimum atomic E-state index is -0.659. The lowest BCUT2D eigenvalue weighted by molar-refractivity contribution is -0.123. The Kier molecular flexibility index (Phi) is 5.45. The summed E-state index contributed by atoms with van der Waals surface area (Å²) in [5.74, 6) is -3.23. The number of carbonyl (C=O) groups excluding carboxylic acids is 4. The minimum Gasteiger partial charge on any atom is -0.507 e. The third kappa shape index (κ3) is 3.33.